The molecule has 0 spiro atoms. The molecular weight excluding hydrogens is 290 g/mol. The number of nitrogens with zero attached hydrogens (tertiary/aromatic N) is 1. The number of benzene rings is 1. The van der Waals surface area contributed by atoms with Crippen molar-refractivity contribution >= 4 is 11.6 Å². The molecule has 23 heavy (non-hydrogen) atoms. The zero-order valence-corrected chi connectivity index (χ0v) is 13.7. The Morgan fingerprint density at radius 3 is 3.13 bits per heavy atom. The first kappa shape index (κ1) is 15.6. The molecular formula is C18H23N3O2. The van der Waals surface area contributed by atoms with Gasteiger partial charge in [0.25, 0.3) is 5.91 Å². The van der Waals surface area contributed by atoms with Gasteiger partial charge in [0.2, 0.25) is 0 Å². The maximum Gasteiger partial charge on any atom is 0.253 e. The number of fused-ring (bicyclic) bond motifs is 1. The second-order valence-corrected chi connectivity index (χ2v) is 6.44. The Balaban J connectivity index is 1.65. The van der Waals surface area contributed by atoms with E-state index in [0.717, 1.165) is 37.2 Å². The van der Waals surface area contributed by atoms with Crippen molar-refractivity contribution in [2.45, 2.75) is 39.7 Å². The summed E-state index contributed by atoms with van der Waals surface area (Å²) in [5.41, 5.74) is 3.81. The lowest BCUT2D eigenvalue weighted by Crippen LogP contribution is -2.25. The molecule has 2 N–H and O–H groups in total. The van der Waals surface area contributed by atoms with E-state index in [1.165, 1.54) is 5.56 Å². The summed E-state index contributed by atoms with van der Waals surface area (Å²) in [5.74, 6) is 1.13. The summed E-state index contributed by atoms with van der Waals surface area (Å²) in [7, 11) is 0. The van der Waals surface area contributed by atoms with E-state index in [1.54, 1.807) is 0 Å². The van der Waals surface area contributed by atoms with E-state index < -0.39 is 0 Å². The highest BCUT2D eigenvalue weighted by atomic mass is 16.5. The third kappa shape index (κ3) is 3.73. The summed E-state index contributed by atoms with van der Waals surface area (Å²) in [4.78, 5) is 12.5. The van der Waals surface area contributed by atoms with Crippen molar-refractivity contribution in [1.82, 2.24) is 10.5 Å². The van der Waals surface area contributed by atoms with Crippen LogP contribution in [0.3, 0.4) is 0 Å². The molecule has 1 aliphatic heterocycles. The maximum absolute atomic E-state index is 12.5. The monoisotopic (exact) mass is 313 g/mol. The van der Waals surface area contributed by atoms with Crippen LogP contribution in [0.2, 0.25) is 0 Å². The third-order valence-electron chi connectivity index (χ3n) is 3.97. The molecule has 0 bridgehead atoms. The van der Waals surface area contributed by atoms with Crippen LogP contribution < -0.4 is 10.6 Å². The van der Waals surface area contributed by atoms with Crippen LogP contribution >= 0.6 is 0 Å². The number of anilines is 1. The smallest absolute Gasteiger partial charge is 0.253 e. The molecule has 0 unspecified atom stereocenters. The number of aryl methyl sites for hydroxylation is 1. The quantitative estimate of drug-likeness (QED) is 0.890. The van der Waals surface area contributed by atoms with Crippen molar-refractivity contribution in [2.24, 2.45) is 5.92 Å². The van der Waals surface area contributed by atoms with Crippen molar-refractivity contribution in [3.63, 3.8) is 0 Å². The number of amides is 1. The summed E-state index contributed by atoms with van der Waals surface area (Å²) in [6.45, 7) is 5.55. The van der Waals surface area contributed by atoms with Crippen LogP contribution in [0.4, 0.5) is 5.69 Å². The fourth-order valence-corrected chi connectivity index (χ4v) is 2.91. The second kappa shape index (κ2) is 6.86. The molecule has 3 rings (SSSR count). The van der Waals surface area contributed by atoms with Crippen molar-refractivity contribution in [3.8, 4) is 0 Å². The van der Waals surface area contributed by atoms with E-state index in [2.05, 4.69) is 35.7 Å². The summed E-state index contributed by atoms with van der Waals surface area (Å²) in [6.07, 6.45) is 3.01. The Morgan fingerprint density at radius 1 is 1.43 bits per heavy atom. The first-order valence-electron chi connectivity index (χ1n) is 8.22. The number of nitrogens with one attached hydrogen (secondary N) is 2. The predicted molar refractivity (Wildman–Crippen MR) is 89.5 cm³/mol. The first-order chi connectivity index (χ1) is 11.1. The Morgan fingerprint density at radius 2 is 2.30 bits per heavy atom. The average Bonchev–Trinajstić information content (AvgIpc) is 2.98. The number of hydrogen-bond acceptors (Lipinski definition) is 4. The summed E-state index contributed by atoms with van der Waals surface area (Å²) < 4.78 is 5.28. The standard InChI is InChI=1S/C18H23N3O2/c1-12(2)9-14-10-15(23-21-14)11-20-18(22)16-7-3-5-13-6-4-8-19-17(13)16/h3,5,7,10,12,19H,4,6,8-9,11H2,1-2H3,(H,20,22). The van der Waals surface area contributed by atoms with E-state index in [-0.39, 0.29) is 5.91 Å². The molecule has 122 valence electrons. The highest BCUT2D eigenvalue weighted by Crippen LogP contribution is 2.26. The molecule has 0 radical (unpaired) electrons. The van der Waals surface area contributed by atoms with Gasteiger partial charge in [-0.3, -0.25) is 4.79 Å². The number of aromatic nitrogens is 1. The van der Waals surface area contributed by atoms with Crippen LogP contribution in [-0.2, 0) is 19.4 Å². The van der Waals surface area contributed by atoms with Crippen LogP contribution in [0, 0.1) is 5.92 Å². The summed E-state index contributed by atoms with van der Waals surface area (Å²) in [6, 6.07) is 7.79. The van der Waals surface area contributed by atoms with Gasteiger partial charge in [-0.05, 0) is 36.8 Å². The van der Waals surface area contributed by atoms with Crippen LogP contribution in [0.15, 0.2) is 28.8 Å². The third-order valence-corrected chi connectivity index (χ3v) is 3.97. The lowest BCUT2D eigenvalue weighted by atomic mass is 9.99. The first-order valence-corrected chi connectivity index (χ1v) is 8.22. The van der Waals surface area contributed by atoms with Gasteiger partial charge >= 0.3 is 0 Å². The van der Waals surface area contributed by atoms with E-state index in [0.29, 0.717) is 23.8 Å². The molecule has 0 atom stereocenters. The molecule has 2 heterocycles. The van der Waals surface area contributed by atoms with Crippen LogP contribution in [0.5, 0.6) is 0 Å². The van der Waals surface area contributed by atoms with Crippen molar-refractivity contribution in [3.05, 3.63) is 46.8 Å². The van der Waals surface area contributed by atoms with E-state index in [4.69, 9.17) is 4.52 Å². The molecule has 0 aliphatic carbocycles. The molecule has 0 saturated carbocycles. The minimum absolute atomic E-state index is 0.0851. The Bertz CT molecular complexity index is 691. The minimum Gasteiger partial charge on any atom is -0.384 e. The van der Waals surface area contributed by atoms with Crippen molar-refractivity contribution in [2.75, 3.05) is 11.9 Å². The molecule has 2 aromatic rings. The van der Waals surface area contributed by atoms with Gasteiger partial charge in [0.05, 0.1) is 23.5 Å². The largest absolute Gasteiger partial charge is 0.384 e. The van der Waals surface area contributed by atoms with Gasteiger partial charge < -0.3 is 15.2 Å². The number of para-hydroxylation sites is 1. The highest BCUT2D eigenvalue weighted by molar-refractivity contribution is 6.00. The molecule has 5 heteroatoms. The number of hydrogen-bond donors (Lipinski definition) is 2. The fourth-order valence-electron chi connectivity index (χ4n) is 2.91. The van der Waals surface area contributed by atoms with Crippen molar-refractivity contribution < 1.29 is 9.32 Å². The van der Waals surface area contributed by atoms with E-state index in [9.17, 15) is 4.79 Å². The average molecular weight is 313 g/mol. The lowest BCUT2D eigenvalue weighted by Gasteiger charge is -2.20. The van der Waals surface area contributed by atoms with Crippen LogP contribution in [0.1, 0.15) is 47.6 Å². The zero-order valence-electron chi connectivity index (χ0n) is 13.7. The number of carbonyl (C=O) groups excluding carboxylic acids is 1. The molecule has 1 aromatic carbocycles. The summed E-state index contributed by atoms with van der Waals surface area (Å²) >= 11 is 0. The van der Waals surface area contributed by atoms with Gasteiger partial charge in [-0.2, -0.15) is 0 Å². The molecule has 0 fully saturated rings. The van der Waals surface area contributed by atoms with Gasteiger partial charge in [0.15, 0.2) is 5.76 Å². The zero-order chi connectivity index (χ0) is 16.2. The van der Waals surface area contributed by atoms with Crippen molar-refractivity contribution in [1.29, 1.82) is 0 Å². The highest BCUT2D eigenvalue weighted by Gasteiger charge is 2.17. The number of carbonyl (C=O) groups is 1. The lowest BCUT2D eigenvalue weighted by molar-refractivity contribution is 0.0947. The van der Waals surface area contributed by atoms with Crippen LogP contribution in [-0.4, -0.2) is 17.6 Å². The fraction of sp³-hybridized carbons (Fsp3) is 0.444. The van der Waals surface area contributed by atoms with Gasteiger partial charge in [-0.15, -0.1) is 0 Å². The Kier molecular flexibility index (Phi) is 4.65. The van der Waals surface area contributed by atoms with Gasteiger partial charge in [-0.25, -0.2) is 0 Å². The SMILES string of the molecule is CC(C)Cc1cc(CNC(=O)c2cccc3c2NCCC3)on1. The van der Waals surface area contributed by atoms with E-state index in [1.807, 2.05) is 18.2 Å². The Labute approximate surface area is 136 Å². The molecule has 0 saturated heterocycles. The predicted octanol–water partition coefficient (Wildman–Crippen LogP) is 3.16. The molecule has 1 aromatic heterocycles. The minimum atomic E-state index is -0.0851. The van der Waals surface area contributed by atoms with Gasteiger partial charge in [0, 0.05) is 12.6 Å². The Hall–Kier alpha value is -2.30. The molecule has 1 amide bonds. The number of rotatable bonds is 5. The topological polar surface area (TPSA) is 67.2 Å². The molecule has 5 nitrogen and oxygen atoms in total. The maximum atomic E-state index is 12.5. The van der Waals surface area contributed by atoms with E-state index >= 15 is 0 Å². The second-order valence-electron chi connectivity index (χ2n) is 6.44. The van der Waals surface area contributed by atoms with Crippen LogP contribution in [0.25, 0.3) is 0 Å². The normalized spacial score (nSPS) is 13.5. The summed E-state index contributed by atoms with van der Waals surface area (Å²) in [5, 5.41) is 10.3. The molecule has 1 aliphatic rings. The van der Waals surface area contributed by atoms with Gasteiger partial charge in [0.1, 0.15) is 0 Å². The van der Waals surface area contributed by atoms with Gasteiger partial charge in [-0.1, -0.05) is 31.1 Å².